The summed E-state index contributed by atoms with van der Waals surface area (Å²) < 4.78 is 0. The van der Waals surface area contributed by atoms with Crippen molar-refractivity contribution < 1.29 is 4.79 Å². The van der Waals surface area contributed by atoms with E-state index in [0.717, 1.165) is 11.3 Å². The molecule has 0 aliphatic heterocycles. The molecule has 0 heterocycles. The van der Waals surface area contributed by atoms with Crippen molar-refractivity contribution in [2.75, 3.05) is 11.5 Å². The van der Waals surface area contributed by atoms with E-state index in [1.807, 2.05) is 12.1 Å². The smallest absolute Gasteiger partial charge is 0.186 e. The number of carbonyl (C=O) groups excluding carboxylic acids is 1. The lowest BCUT2D eigenvalue weighted by atomic mass is 10.1. The van der Waals surface area contributed by atoms with Crippen LogP contribution in [0.5, 0.6) is 0 Å². The maximum absolute atomic E-state index is 11.9. The van der Waals surface area contributed by atoms with Crippen LogP contribution in [0.25, 0.3) is 0 Å². The van der Waals surface area contributed by atoms with Gasteiger partial charge in [-0.2, -0.15) is 0 Å². The van der Waals surface area contributed by atoms with Gasteiger partial charge in [0.15, 0.2) is 5.78 Å². The van der Waals surface area contributed by atoms with E-state index in [4.69, 9.17) is 11.6 Å². The lowest BCUT2D eigenvalue weighted by Crippen LogP contribution is -1.92. The van der Waals surface area contributed by atoms with E-state index in [9.17, 15) is 4.79 Å². The average molecular weight is 365 g/mol. The largest absolute Gasteiger partial charge is 0.289 e. The zero-order chi connectivity index (χ0) is 17.9. The van der Waals surface area contributed by atoms with E-state index in [2.05, 4.69) is 42.7 Å². The molecule has 0 saturated heterocycles. The number of halogens is 1. The van der Waals surface area contributed by atoms with Crippen LogP contribution in [-0.2, 0) is 0 Å². The molecule has 0 N–H and O–H groups in total. The molecule has 0 aliphatic carbocycles. The molecule has 0 spiro atoms. The van der Waals surface area contributed by atoms with E-state index in [0.29, 0.717) is 16.3 Å². The Balaban J connectivity index is 1.70. The minimum atomic E-state index is -0.0809. The summed E-state index contributed by atoms with van der Waals surface area (Å²) in [4.78, 5) is 11.9. The molecule has 0 aromatic heterocycles. The predicted octanol–water partition coefficient (Wildman–Crippen LogP) is 5.18. The Morgan fingerprint density at radius 3 is 2.44 bits per heavy atom. The number of benzene rings is 2. The molecule has 1 nitrogen and oxygen atoms in total. The van der Waals surface area contributed by atoms with Gasteiger partial charge in [-0.3, -0.25) is 4.79 Å². The summed E-state index contributed by atoms with van der Waals surface area (Å²) in [6, 6.07) is 15.0. The third-order valence-electron chi connectivity index (χ3n) is 3.18. The first-order valence-electron chi connectivity index (χ1n) is 7.73. The standard InChI is InChI=1S/C22H17ClOS/c1-18-8-10-19(11-9-18)6-5-17-25-16-4-2-3-7-22(24)20-12-14-21(23)15-13-20/h3,7-15H,16-17H2,1H3/b7-3+. The number of hydrogen-bond acceptors (Lipinski definition) is 2. The van der Waals surface area contributed by atoms with Crippen LogP contribution < -0.4 is 0 Å². The fraction of sp³-hybridized carbons (Fsp3) is 0.136. The molecular formula is C22H17ClOS. The van der Waals surface area contributed by atoms with Gasteiger partial charge in [0.1, 0.15) is 0 Å². The van der Waals surface area contributed by atoms with E-state index in [-0.39, 0.29) is 5.78 Å². The van der Waals surface area contributed by atoms with E-state index >= 15 is 0 Å². The lowest BCUT2D eigenvalue weighted by molar-refractivity contribution is 0.104. The summed E-state index contributed by atoms with van der Waals surface area (Å²) in [5.74, 6) is 13.4. The molecule has 0 radical (unpaired) electrons. The summed E-state index contributed by atoms with van der Waals surface area (Å²) in [6.07, 6.45) is 3.05. The van der Waals surface area contributed by atoms with Crippen LogP contribution in [0.3, 0.4) is 0 Å². The van der Waals surface area contributed by atoms with Crippen molar-refractivity contribution in [3.05, 3.63) is 82.4 Å². The van der Waals surface area contributed by atoms with E-state index < -0.39 is 0 Å². The molecule has 0 fully saturated rings. The molecule has 2 aromatic carbocycles. The van der Waals surface area contributed by atoms with Gasteiger partial charge < -0.3 is 0 Å². The number of thioether (sulfide) groups is 1. The lowest BCUT2D eigenvalue weighted by Gasteiger charge is -1.94. The molecule has 124 valence electrons. The normalized spacial score (nSPS) is 9.84. The van der Waals surface area contributed by atoms with Gasteiger partial charge >= 0.3 is 0 Å². The first kappa shape index (κ1) is 18.9. The Kier molecular flexibility index (Phi) is 7.93. The SMILES string of the molecule is Cc1ccc(C#CCSCC#C/C=C/C(=O)c2ccc(Cl)cc2)cc1. The molecule has 0 aliphatic rings. The molecular weight excluding hydrogens is 348 g/mol. The van der Waals surface area contributed by atoms with Gasteiger partial charge in [-0.05, 0) is 55.5 Å². The zero-order valence-electron chi connectivity index (χ0n) is 13.9. The second kappa shape index (κ2) is 10.5. The zero-order valence-corrected chi connectivity index (χ0v) is 15.5. The van der Waals surface area contributed by atoms with Crippen LogP contribution in [0.15, 0.2) is 60.7 Å². The van der Waals surface area contributed by atoms with Crippen LogP contribution in [0.2, 0.25) is 5.02 Å². The average Bonchev–Trinajstić information content (AvgIpc) is 2.62. The number of hydrogen-bond donors (Lipinski definition) is 0. The second-order valence-electron chi connectivity index (χ2n) is 5.19. The highest BCUT2D eigenvalue weighted by Gasteiger charge is 1.99. The van der Waals surface area contributed by atoms with Gasteiger partial charge in [0.2, 0.25) is 0 Å². The van der Waals surface area contributed by atoms with Crippen molar-refractivity contribution in [3.8, 4) is 23.7 Å². The van der Waals surface area contributed by atoms with Crippen LogP contribution in [0, 0.1) is 30.6 Å². The molecule has 2 aromatic rings. The second-order valence-corrected chi connectivity index (χ2v) is 6.61. The van der Waals surface area contributed by atoms with Crippen molar-refractivity contribution in [2.45, 2.75) is 6.92 Å². The summed E-state index contributed by atoms with van der Waals surface area (Å²) in [5, 5.41) is 0.614. The van der Waals surface area contributed by atoms with Gasteiger partial charge in [-0.15, -0.1) is 11.8 Å². The van der Waals surface area contributed by atoms with E-state index in [1.54, 1.807) is 42.1 Å². The summed E-state index contributed by atoms with van der Waals surface area (Å²) in [5.41, 5.74) is 2.86. The number of aryl methyl sites for hydroxylation is 1. The number of rotatable bonds is 4. The third kappa shape index (κ3) is 7.36. The van der Waals surface area contributed by atoms with Crippen LogP contribution in [-0.4, -0.2) is 17.3 Å². The van der Waals surface area contributed by atoms with Crippen molar-refractivity contribution in [1.29, 1.82) is 0 Å². The highest BCUT2D eigenvalue weighted by Crippen LogP contribution is 2.10. The van der Waals surface area contributed by atoms with Crippen LogP contribution in [0.1, 0.15) is 21.5 Å². The van der Waals surface area contributed by atoms with Crippen LogP contribution >= 0.6 is 23.4 Å². The molecule has 2 rings (SSSR count). The first-order chi connectivity index (χ1) is 12.1. The highest BCUT2D eigenvalue weighted by atomic mass is 35.5. The summed E-state index contributed by atoms with van der Waals surface area (Å²) in [7, 11) is 0. The Morgan fingerprint density at radius 2 is 1.72 bits per heavy atom. The molecule has 0 bridgehead atoms. The maximum Gasteiger partial charge on any atom is 0.186 e. The van der Waals surface area contributed by atoms with Crippen molar-refractivity contribution in [2.24, 2.45) is 0 Å². The molecule has 25 heavy (non-hydrogen) atoms. The Bertz CT molecular complexity index is 857. The number of allylic oxidation sites excluding steroid dienone is 2. The van der Waals surface area contributed by atoms with Crippen molar-refractivity contribution in [1.82, 2.24) is 0 Å². The first-order valence-corrected chi connectivity index (χ1v) is 9.26. The minimum Gasteiger partial charge on any atom is -0.289 e. The van der Waals surface area contributed by atoms with E-state index in [1.165, 1.54) is 11.6 Å². The fourth-order valence-electron chi connectivity index (χ4n) is 1.86. The Morgan fingerprint density at radius 1 is 1.04 bits per heavy atom. The predicted molar refractivity (Wildman–Crippen MR) is 108 cm³/mol. The Hall–Kier alpha value is -2.39. The van der Waals surface area contributed by atoms with Crippen molar-refractivity contribution >= 4 is 29.1 Å². The monoisotopic (exact) mass is 364 g/mol. The topological polar surface area (TPSA) is 17.1 Å². The summed E-state index contributed by atoms with van der Waals surface area (Å²) in [6.45, 7) is 2.06. The minimum absolute atomic E-state index is 0.0809. The summed E-state index contributed by atoms with van der Waals surface area (Å²) >= 11 is 7.44. The van der Waals surface area contributed by atoms with Gasteiger partial charge in [0.05, 0.1) is 11.5 Å². The molecule has 0 atom stereocenters. The van der Waals surface area contributed by atoms with Crippen molar-refractivity contribution in [3.63, 3.8) is 0 Å². The Labute approximate surface area is 158 Å². The molecule has 0 amide bonds. The van der Waals surface area contributed by atoms with Gasteiger partial charge in [0.25, 0.3) is 0 Å². The van der Waals surface area contributed by atoms with Gasteiger partial charge in [0, 0.05) is 16.1 Å². The van der Waals surface area contributed by atoms with Gasteiger partial charge in [-0.25, -0.2) is 0 Å². The third-order valence-corrected chi connectivity index (χ3v) is 4.13. The fourth-order valence-corrected chi connectivity index (χ4v) is 2.44. The number of carbonyl (C=O) groups is 1. The molecule has 3 heteroatoms. The number of ketones is 1. The maximum atomic E-state index is 11.9. The molecule has 0 saturated carbocycles. The molecule has 0 unspecified atom stereocenters. The quantitative estimate of drug-likeness (QED) is 0.322. The highest BCUT2D eigenvalue weighted by molar-refractivity contribution is 7.99. The van der Waals surface area contributed by atoms with Crippen LogP contribution in [0.4, 0.5) is 0 Å². The van der Waals surface area contributed by atoms with Gasteiger partial charge in [-0.1, -0.05) is 53.0 Å².